The zero-order valence-corrected chi connectivity index (χ0v) is 23.0. The van der Waals surface area contributed by atoms with Crippen molar-refractivity contribution < 1.29 is 22.8 Å². The largest absolute Gasteiger partial charge is 0.405 e. The van der Waals surface area contributed by atoms with Crippen molar-refractivity contribution in [2.45, 2.75) is 31.0 Å². The van der Waals surface area contributed by atoms with E-state index in [0.29, 0.717) is 41.1 Å². The lowest BCUT2D eigenvalue weighted by molar-refractivity contribution is -0.122. The smallest absolute Gasteiger partial charge is 0.380 e. The van der Waals surface area contributed by atoms with Crippen LogP contribution in [0.2, 0.25) is 0 Å². The van der Waals surface area contributed by atoms with Gasteiger partial charge in [0.2, 0.25) is 0 Å². The highest BCUT2D eigenvalue weighted by Crippen LogP contribution is 2.28. The zero-order valence-electron chi connectivity index (χ0n) is 23.0. The second-order valence-electron chi connectivity index (χ2n) is 10.5. The number of fused-ring (bicyclic) bond motifs is 1. The van der Waals surface area contributed by atoms with Gasteiger partial charge >= 0.3 is 18.2 Å². The molecule has 0 unspecified atom stereocenters. The molecule has 15 heteroatoms. The van der Waals surface area contributed by atoms with Crippen LogP contribution in [0.1, 0.15) is 24.8 Å². The average Bonchev–Trinajstić information content (AvgIpc) is 3.65. The zero-order chi connectivity index (χ0) is 30.6. The molecule has 5 rings (SSSR count). The van der Waals surface area contributed by atoms with Crippen LogP contribution in [0.15, 0.2) is 48.9 Å². The first-order valence-corrected chi connectivity index (χ1v) is 13.6. The van der Waals surface area contributed by atoms with Gasteiger partial charge in [-0.3, -0.25) is 0 Å². The van der Waals surface area contributed by atoms with Gasteiger partial charge in [-0.1, -0.05) is 12.1 Å². The number of nitriles is 1. The maximum atomic E-state index is 12.7. The highest BCUT2D eigenvalue weighted by molar-refractivity contribution is 6.08. The van der Waals surface area contributed by atoms with E-state index in [1.807, 2.05) is 4.90 Å². The van der Waals surface area contributed by atoms with Crippen LogP contribution in [0.4, 0.5) is 28.4 Å². The molecule has 4 N–H and O–H groups in total. The van der Waals surface area contributed by atoms with Crippen molar-refractivity contribution in [3.8, 4) is 17.3 Å². The fourth-order valence-corrected chi connectivity index (χ4v) is 5.12. The van der Waals surface area contributed by atoms with E-state index in [9.17, 15) is 28.0 Å². The van der Waals surface area contributed by atoms with Gasteiger partial charge in [-0.2, -0.15) is 23.5 Å². The number of hydrogen-bond acceptors (Lipinski definition) is 7. The maximum absolute atomic E-state index is 12.7. The molecule has 3 aromatic rings. The normalized spacial score (nSPS) is 16.4. The number of likely N-dealkylation sites (tertiary alicyclic amines) is 2. The van der Waals surface area contributed by atoms with Gasteiger partial charge in [0.1, 0.15) is 6.54 Å². The van der Waals surface area contributed by atoms with Crippen LogP contribution < -0.4 is 16.0 Å². The second-order valence-corrected chi connectivity index (χ2v) is 10.5. The number of imidazole rings is 1. The first kappa shape index (κ1) is 29.4. The van der Waals surface area contributed by atoms with Crippen molar-refractivity contribution >= 4 is 35.2 Å². The number of nitrogens with one attached hydrogen (secondary N) is 4. The number of carbonyl (C=O) groups is 2. The fraction of sp³-hybridized carbons (Fsp3) is 0.357. The Balaban J connectivity index is 1.29. The molecule has 12 nitrogen and oxygen atoms in total. The number of carbonyl (C=O) groups excluding carboxylic acids is 2. The molecule has 1 aromatic carbocycles. The molecule has 0 bridgehead atoms. The number of rotatable bonds is 8. The topological polar surface area (TPSA) is 155 Å². The summed E-state index contributed by atoms with van der Waals surface area (Å²) in [4.78, 5) is 32.5. The number of amides is 4. The van der Waals surface area contributed by atoms with Crippen LogP contribution >= 0.6 is 0 Å². The lowest BCUT2D eigenvalue weighted by Gasteiger charge is -2.50. The predicted octanol–water partition coefficient (Wildman–Crippen LogP) is 3.84. The minimum atomic E-state index is -4.52. The number of allylic oxidation sites excluding steroid dienone is 1. The van der Waals surface area contributed by atoms with Crippen LogP contribution in [0, 0.1) is 16.7 Å². The third-order valence-electron chi connectivity index (χ3n) is 7.30. The Kier molecular flexibility index (Phi) is 8.20. The average molecular weight is 595 g/mol. The van der Waals surface area contributed by atoms with Crippen molar-refractivity contribution in [1.29, 1.82) is 10.7 Å². The van der Waals surface area contributed by atoms with Crippen LogP contribution in [0.3, 0.4) is 0 Å². The highest BCUT2D eigenvalue weighted by Gasteiger charge is 2.46. The molecule has 2 saturated heterocycles. The summed E-state index contributed by atoms with van der Waals surface area (Å²) >= 11 is 0. The minimum absolute atomic E-state index is 0.0140. The number of urea groups is 2. The summed E-state index contributed by atoms with van der Waals surface area (Å²) in [6.07, 6.45) is 3.62. The molecule has 43 heavy (non-hydrogen) atoms. The fourth-order valence-electron chi connectivity index (χ4n) is 5.12. The Morgan fingerprint density at radius 2 is 1.91 bits per heavy atom. The first-order valence-electron chi connectivity index (χ1n) is 13.6. The second kappa shape index (κ2) is 12.0. The number of anilines is 1. The molecule has 2 aliphatic heterocycles. The Labute approximate surface area is 244 Å². The van der Waals surface area contributed by atoms with Crippen molar-refractivity contribution in [2.75, 3.05) is 38.0 Å². The van der Waals surface area contributed by atoms with Crippen molar-refractivity contribution in [2.24, 2.45) is 0 Å². The van der Waals surface area contributed by atoms with Gasteiger partial charge in [-0.25, -0.2) is 19.1 Å². The molecular weight excluding hydrogens is 565 g/mol. The van der Waals surface area contributed by atoms with E-state index in [-0.39, 0.29) is 18.1 Å². The summed E-state index contributed by atoms with van der Waals surface area (Å²) in [5, 5.41) is 29.3. The summed E-state index contributed by atoms with van der Waals surface area (Å²) in [7, 11) is 0. The number of aromatic nitrogens is 3. The molecule has 2 aromatic heterocycles. The molecule has 0 atom stereocenters. The maximum Gasteiger partial charge on any atom is 0.405 e. The van der Waals surface area contributed by atoms with E-state index in [0.717, 1.165) is 32.1 Å². The summed E-state index contributed by atoms with van der Waals surface area (Å²) < 4.78 is 38.7. The summed E-state index contributed by atoms with van der Waals surface area (Å²) in [5.74, 6) is 0. The standard InChI is InChI=1S/C28H29F3N10O2/c29-28(30,31)16-35-25(42)38-22-5-3-4-19(10-22)23-15-34-24-11-20(14-37-41(23)24)21(12-33)13-36-27(6-7-32)17-40(18-27)26(43)39-8-1-2-9-39/h3-5,10-15,33,36H,1-2,6,8-9,16-18H2,(H2,35,38,42)/b21-13+,33-12?. The molecular formula is C28H29F3N10O2. The van der Waals surface area contributed by atoms with Crippen LogP contribution in [0.5, 0.6) is 0 Å². The van der Waals surface area contributed by atoms with Crippen LogP contribution in [0.25, 0.3) is 22.5 Å². The SMILES string of the molecule is N#CCC1(N/C=C(\C=N)c2cnn3c(-c4cccc(NC(=O)NCC(F)(F)F)c4)cnc3c2)CN(C(=O)N2CCCC2)C1. The number of hydrogen-bond donors (Lipinski definition) is 4. The van der Waals surface area contributed by atoms with E-state index in [1.165, 1.54) is 0 Å². The number of nitrogens with zero attached hydrogens (tertiary/aromatic N) is 6. The Bertz CT molecular complexity index is 1600. The van der Waals surface area contributed by atoms with Crippen molar-refractivity contribution in [3.05, 3.63) is 54.5 Å². The van der Waals surface area contributed by atoms with Crippen molar-refractivity contribution in [1.82, 2.24) is 35.0 Å². The van der Waals surface area contributed by atoms with E-state index < -0.39 is 24.3 Å². The van der Waals surface area contributed by atoms with Gasteiger partial charge in [0.25, 0.3) is 0 Å². The molecule has 0 aliphatic carbocycles. The summed E-state index contributed by atoms with van der Waals surface area (Å²) in [6, 6.07) is 9.45. The third-order valence-corrected chi connectivity index (χ3v) is 7.30. The highest BCUT2D eigenvalue weighted by atomic mass is 19.4. The van der Waals surface area contributed by atoms with Gasteiger partial charge in [0.15, 0.2) is 5.65 Å². The molecule has 0 radical (unpaired) electrons. The Morgan fingerprint density at radius 1 is 1.14 bits per heavy atom. The number of halogens is 3. The third kappa shape index (κ3) is 6.69. The van der Waals surface area contributed by atoms with Crippen LogP contribution in [-0.4, -0.2) is 87.1 Å². The quantitative estimate of drug-likeness (QED) is 0.291. The predicted molar refractivity (Wildman–Crippen MR) is 152 cm³/mol. The molecule has 0 spiro atoms. The summed E-state index contributed by atoms with van der Waals surface area (Å²) in [5.41, 5.74) is 2.43. The van der Waals surface area contributed by atoms with E-state index >= 15 is 0 Å². The molecule has 224 valence electrons. The van der Waals surface area contributed by atoms with Gasteiger partial charge in [-0.15, -0.1) is 0 Å². The number of alkyl halides is 3. The number of benzene rings is 1. The van der Waals surface area contributed by atoms with Gasteiger partial charge in [0.05, 0.1) is 36.1 Å². The van der Waals surface area contributed by atoms with Crippen LogP contribution in [-0.2, 0) is 0 Å². The first-order chi connectivity index (χ1) is 20.6. The molecule has 4 heterocycles. The van der Waals surface area contributed by atoms with Gasteiger partial charge < -0.3 is 31.2 Å². The van der Waals surface area contributed by atoms with E-state index in [4.69, 9.17) is 5.41 Å². The lowest BCUT2D eigenvalue weighted by Crippen LogP contribution is -2.70. The Morgan fingerprint density at radius 3 is 2.60 bits per heavy atom. The summed E-state index contributed by atoms with van der Waals surface area (Å²) in [6.45, 7) is 0.826. The molecule has 2 aliphatic rings. The molecule has 4 amide bonds. The van der Waals surface area contributed by atoms with Gasteiger partial charge in [0, 0.05) is 61.0 Å². The Hall–Kier alpha value is -5.13. The van der Waals surface area contributed by atoms with E-state index in [1.54, 1.807) is 63.7 Å². The molecule has 2 fully saturated rings. The van der Waals surface area contributed by atoms with Gasteiger partial charge in [-0.05, 0) is 31.0 Å². The monoisotopic (exact) mass is 594 g/mol. The van der Waals surface area contributed by atoms with Crippen molar-refractivity contribution in [3.63, 3.8) is 0 Å². The minimum Gasteiger partial charge on any atom is -0.380 e. The van der Waals surface area contributed by atoms with E-state index in [2.05, 4.69) is 26.8 Å². The molecule has 0 saturated carbocycles. The lowest BCUT2D eigenvalue weighted by atomic mass is 9.87.